The molecule has 0 bridgehead atoms. The van der Waals surface area contributed by atoms with Crippen molar-refractivity contribution in [1.29, 1.82) is 0 Å². The van der Waals surface area contributed by atoms with Crippen LogP contribution in [0, 0.1) is 0 Å². The Morgan fingerprint density at radius 3 is 2.90 bits per heavy atom. The second-order valence-corrected chi connectivity index (χ2v) is 8.33. The van der Waals surface area contributed by atoms with Crippen molar-refractivity contribution in [2.24, 2.45) is 0 Å². The average Bonchev–Trinajstić information content (AvgIpc) is 2.92. The molecule has 1 atom stereocenters. The maximum Gasteiger partial charge on any atom is 0.242 e. The van der Waals surface area contributed by atoms with E-state index in [0.717, 1.165) is 24.2 Å². The smallest absolute Gasteiger partial charge is 0.242 e. The molecule has 7 heteroatoms. The van der Waals surface area contributed by atoms with Gasteiger partial charge in [0.2, 0.25) is 10.0 Å². The molecule has 1 aromatic rings. The van der Waals surface area contributed by atoms with E-state index in [2.05, 4.69) is 10.0 Å². The van der Waals surface area contributed by atoms with Crippen LogP contribution >= 0.6 is 23.4 Å². The first-order valence-corrected chi connectivity index (χ1v) is 9.48. The standard InChI is InChI=1S/C13H19ClN2O2S2/c1-15-8-10-4-5-12(14)13(7-10)20(17,18)16-9-11-3-2-6-19-11/h4-5,7,11,15-16H,2-3,6,8-9H2,1H3. The van der Waals surface area contributed by atoms with Gasteiger partial charge in [-0.2, -0.15) is 11.8 Å². The summed E-state index contributed by atoms with van der Waals surface area (Å²) in [6, 6.07) is 5.08. The SMILES string of the molecule is CNCc1ccc(Cl)c(S(=O)(=O)NCC2CCCS2)c1. The van der Waals surface area contributed by atoms with Crippen molar-refractivity contribution in [2.45, 2.75) is 29.5 Å². The van der Waals surface area contributed by atoms with Gasteiger partial charge in [0.25, 0.3) is 0 Å². The Kier molecular flexibility index (Phi) is 5.74. The first-order chi connectivity index (χ1) is 9.53. The molecular formula is C13H19ClN2O2S2. The lowest BCUT2D eigenvalue weighted by Gasteiger charge is -2.13. The van der Waals surface area contributed by atoms with Crippen molar-refractivity contribution in [3.63, 3.8) is 0 Å². The molecule has 2 N–H and O–H groups in total. The summed E-state index contributed by atoms with van der Waals surface area (Å²) in [5, 5.41) is 3.64. The normalized spacial score (nSPS) is 19.4. The molecule has 1 heterocycles. The summed E-state index contributed by atoms with van der Waals surface area (Å²) in [6.07, 6.45) is 2.23. The minimum Gasteiger partial charge on any atom is -0.316 e. The minimum absolute atomic E-state index is 0.162. The molecule has 112 valence electrons. The number of hydrogen-bond donors (Lipinski definition) is 2. The Hall–Kier alpha value is -0.270. The zero-order chi connectivity index (χ0) is 14.6. The topological polar surface area (TPSA) is 58.2 Å². The highest BCUT2D eigenvalue weighted by Gasteiger charge is 2.22. The fourth-order valence-electron chi connectivity index (χ4n) is 2.15. The van der Waals surface area contributed by atoms with E-state index >= 15 is 0 Å². The van der Waals surface area contributed by atoms with Crippen LogP contribution < -0.4 is 10.0 Å². The van der Waals surface area contributed by atoms with Crippen LogP contribution in [0.2, 0.25) is 5.02 Å². The molecule has 20 heavy (non-hydrogen) atoms. The van der Waals surface area contributed by atoms with Crippen LogP contribution in [0.4, 0.5) is 0 Å². The lowest BCUT2D eigenvalue weighted by molar-refractivity contribution is 0.579. The predicted octanol–water partition coefficient (Wildman–Crippen LogP) is 2.23. The summed E-state index contributed by atoms with van der Waals surface area (Å²) in [7, 11) is -1.72. The molecule has 1 aliphatic heterocycles. The summed E-state index contributed by atoms with van der Waals surface area (Å²) in [5.41, 5.74) is 0.896. The van der Waals surface area contributed by atoms with Crippen molar-refractivity contribution in [1.82, 2.24) is 10.0 Å². The number of nitrogens with one attached hydrogen (secondary N) is 2. The van der Waals surface area contributed by atoms with Gasteiger partial charge < -0.3 is 5.32 Å². The molecule has 4 nitrogen and oxygen atoms in total. The summed E-state index contributed by atoms with van der Waals surface area (Å²) >= 11 is 7.86. The Morgan fingerprint density at radius 1 is 1.45 bits per heavy atom. The first-order valence-electron chi connectivity index (χ1n) is 6.57. The summed E-state index contributed by atoms with van der Waals surface area (Å²) < 4.78 is 27.4. The van der Waals surface area contributed by atoms with E-state index in [1.54, 1.807) is 12.1 Å². The fourth-order valence-corrected chi connectivity index (χ4v) is 5.09. The van der Waals surface area contributed by atoms with Crippen molar-refractivity contribution in [3.05, 3.63) is 28.8 Å². The second kappa shape index (κ2) is 7.13. The van der Waals surface area contributed by atoms with E-state index in [0.29, 0.717) is 18.3 Å². The van der Waals surface area contributed by atoms with Crippen molar-refractivity contribution < 1.29 is 8.42 Å². The monoisotopic (exact) mass is 334 g/mol. The van der Waals surface area contributed by atoms with Gasteiger partial charge in [-0.05, 0) is 43.3 Å². The molecule has 2 rings (SSSR count). The Balaban J connectivity index is 2.12. The lowest BCUT2D eigenvalue weighted by atomic mass is 10.2. The molecule has 1 aromatic carbocycles. The zero-order valence-electron chi connectivity index (χ0n) is 11.4. The lowest BCUT2D eigenvalue weighted by Crippen LogP contribution is -2.30. The Bertz CT molecular complexity index is 557. The van der Waals surface area contributed by atoms with Crippen LogP contribution in [0.1, 0.15) is 18.4 Å². The zero-order valence-corrected chi connectivity index (χ0v) is 13.7. The molecule has 0 amide bonds. The molecule has 0 aromatic heterocycles. The van der Waals surface area contributed by atoms with Gasteiger partial charge in [0, 0.05) is 18.3 Å². The maximum atomic E-state index is 12.3. The molecule has 1 unspecified atom stereocenters. The third-order valence-corrected chi connectivity index (χ3v) is 6.49. The minimum atomic E-state index is -3.54. The molecule has 1 fully saturated rings. The maximum absolute atomic E-state index is 12.3. The van der Waals surface area contributed by atoms with Crippen LogP contribution in [-0.2, 0) is 16.6 Å². The summed E-state index contributed by atoms with van der Waals surface area (Å²) in [5.74, 6) is 1.12. The molecule has 0 aliphatic carbocycles. The van der Waals surface area contributed by atoms with Gasteiger partial charge in [-0.1, -0.05) is 17.7 Å². The molecular weight excluding hydrogens is 316 g/mol. The predicted molar refractivity (Wildman–Crippen MR) is 84.9 cm³/mol. The van der Waals surface area contributed by atoms with Crippen LogP contribution in [0.3, 0.4) is 0 Å². The molecule has 0 radical (unpaired) electrons. The average molecular weight is 335 g/mol. The highest BCUT2D eigenvalue weighted by atomic mass is 35.5. The van der Waals surface area contributed by atoms with Crippen LogP contribution in [-0.4, -0.2) is 33.0 Å². The van der Waals surface area contributed by atoms with Gasteiger partial charge in [-0.3, -0.25) is 0 Å². The quantitative estimate of drug-likeness (QED) is 0.837. The van der Waals surface area contributed by atoms with Crippen molar-refractivity contribution in [3.8, 4) is 0 Å². The van der Waals surface area contributed by atoms with Gasteiger partial charge in [0.05, 0.1) is 5.02 Å². The fraction of sp³-hybridized carbons (Fsp3) is 0.538. The molecule has 0 saturated carbocycles. The number of halogens is 1. The van der Waals surface area contributed by atoms with Gasteiger partial charge >= 0.3 is 0 Å². The van der Waals surface area contributed by atoms with E-state index in [9.17, 15) is 8.42 Å². The molecule has 1 saturated heterocycles. The van der Waals surface area contributed by atoms with Crippen molar-refractivity contribution in [2.75, 3.05) is 19.3 Å². The van der Waals surface area contributed by atoms with Gasteiger partial charge in [0.1, 0.15) is 4.90 Å². The number of benzene rings is 1. The first kappa shape index (κ1) is 16.1. The number of rotatable bonds is 6. The van der Waals surface area contributed by atoms with E-state index in [-0.39, 0.29) is 9.92 Å². The second-order valence-electron chi connectivity index (χ2n) is 4.78. The summed E-state index contributed by atoms with van der Waals surface area (Å²) in [6.45, 7) is 1.08. The largest absolute Gasteiger partial charge is 0.316 e. The van der Waals surface area contributed by atoms with Crippen LogP contribution in [0.25, 0.3) is 0 Å². The van der Waals surface area contributed by atoms with Gasteiger partial charge in [-0.15, -0.1) is 0 Å². The number of thioether (sulfide) groups is 1. The Morgan fingerprint density at radius 2 is 2.25 bits per heavy atom. The van der Waals surface area contributed by atoms with Crippen molar-refractivity contribution >= 4 is 33.4 Å². The molecule has 0 spiro atoms. The van der Waals surface area contributed by atoms with Gasteiger partial charge in [-0.25, -0.2) is 13.1 Å². The van der Waals surface area contributed by atoms with E-state index in [1.165, 1.54) is 0 Å². The highest BCUT2D eigenvalue weighted by Crippen LogP contribution is 2.27. The number of hydrogen-bond acceptors (Lipinski definition) is 4. The van der Waals surface area contributed by atoms with E-state index in [1.807, 2.05) is 24.9 Å². The van der Waals surface area contributed by atoms with Crippen LogP contribution in [0.15, 0.2) is 23.1 Å². The van der Waals surface area contributed by atoms with E-state index in [4.69, 9.17) is 11.6 Å². The molecule has 1 aliphatic rings. The number of sulfonamides is 1. The van der Waals surface area contributed by atoms with Gasteiger partial charge in [0.15, 0.2) is 0 Å². The highest BCUT2D eigenvalue weighted by molar-refractivity contribution is 8.00. The summed E-state index contributed by atoms with van der Waals surface area (Å²) in [4.78, 5) is 0.162. The third kappa shape index (κ3) is 4.11. The Labute approximate surface area is 129 Å². The third-order valence-electron chi connectivity index (χ3n) is 3.19. The van der Waals surface area contributed by atoms with E-state index < -0.39 is 10.0 Å². The van der Waals surface area contributed by atoms with Crippen LogP contribution in [0.5, 0.6) is 0 Å².